The van der Waals surface area contributed by atoms with E-state index in [1.54, 1.807) is 31.2 Å². The smallest absolute Gasteiger partial charge is 0.331 e. The van der Waals surface area contributed by atoms with Gasteiger partial charge < -0.3 is 24.1 Å². The molecular formula is C24H23N5O7. The zero-order chi connectivity index (χ0) is 25.2. The lowest BCUT2D eigenvalue weighted by Crippen LogP contribution is -2.42. The van der Waals surface area contributed by atoms with Crippen molar-refractivity contribution in [3.63, 3.8) is 0 Å². The van der Waals surface area contributed by atoms with Crippen molar-refractivity contribution in [2.24, 2.45) is 0 Å². The summed E-state index contributed by atoms with van der Waals surface area (Å²) in [6, 6.07) is 9.94. The molecule has 186 valence electrons. The molecule has 0 saturated carbocycles. The van der Waals surface area contributed by atoms with Crippen molar-refractivity contribution in [2.45, 2.75) is 33.4 Å². The van der Waals surface area contributed by atoms with Gasteiger partial charge in [-0.05, 0) is 44.2 Å². The molecular weight excluding hydrogens is 470 g/mol. The highest BCUT2D eigenvalue weighted by atomic mass is 16.7. The van der Waals surface area contributed by atoms with Crippen LogP contribution < -0.4 is 30.8 Å². The number of amides is 1. The highest BCUT2D eigenvalue weighted by molar-refractivity contribution is 5.92. The van der Waals surface area contributed by atoms with Gasteiger partial charge in [0.05, 0.1) is 17.5 Å². The molecule has 12 nitrogen and oxygen atoms in total. The minimum atomic E-state index is -0.649. The van der Waals surface area contributed by atoms with E-state index < -0.39 is 17.2 Å². The van der Waals surface area contributed by atoms with Crippen LogP contribution >= 0.6 is 0 Å². The second-order valence-corrected chi connectivity index (χ2v) is 8.04. The highest BCUT2D eigenvalue weighted by Crippen LogP contribution is 2.34. The molecule has 12 heteroatoms. The third-order valence-corrected chi connectivity index (χ3v) is 5.59. The van der Waals surface area contributed by atoms with Crippen LogP contribution in [0.5, 0.6) is 17.2 Å². The minimum absolute atomic E-state index is 0.00117. The van der Waals surface area contributed by atoms with E-state index in [1.165, 1.54) is 16.7 Å². The molecule has 5 rings (SSSR count). The predicted molar refractivity (Wildman–Crippen MR) is 128 cm³/mol. The Labute approximate surface area is 204 Å². The summed E-state index contributed by atoms with van der Waals surface area (Å²) in [4.78, 5) is 43.7. The van der Waals surface area contributed by atoms with Gasteiger partial charge in [0.25, 0.3) is 5.56 Å². The van der Waals surface area contributed by atoms with Crippen LogP contribution in [0.1, 0.15) is 18.6 Å². The number of anilines is 1. The summed E-state index contributed by atoms with van der Waals surface area (Å²) < 4.78 is 23.6. The molecule has 2 aromatic carbocycles. The molecule has 3 heterocycles. The Balaban J connectivity index is 1.50. The molecule has 0 atom stereocenters. The fourth-order valence-corrected chi connectivity index (χ4v) is 3.95. The van der Waals surface area contributed by atoms with E-state index in [1.807, 2.05) is 6.92 Å². The molecule has 0 unspecified atom stereocenters. The molecule has 2 aromatic heterocycles. The number of aromatic nitrogens is 4. The van der Waals surface area contributed by atoms with E-state index in [2.05, 4.69) is 15.5 Å². The lowest BCUT2D eigenvalue weighted by molar-refractivity contribution is -0.116. The first-order chi connectivity index (χ1) is 17.4. The summed E-state index contributed by atoms with van der Waals surface area (Å²) in [5.74, 6) is 1.76. The molecule has 1 N–H and O–H groups in total. The Hall–Kier alpha value is -4.61. The third kappa shape index (κ3) is 4.52. The fourth-order valence-electron chi connectivity index (χ4n) is 3.95. The van der Waals surface area contributed by atoms with Crippen LogP contribution in [-0.2, 0) is 24.3 Å². The van der Waals surface area contributed by atoms with Gasteiger partial charge in [-0.25, -0.2) is 4.79 Å². The fraction of sp³-hybridized carbons (Fsp3) is 0.292. The lowest BCUT2D eigenvalue weighted by atomic mass is 10.2. The summed E-state index contributed by atoms with van der Waals surface area (Å²) in [6.45, 7) is 3.74. The van der Waals surface area contributed by atoms with Crippen molar-refractivity contribution in [1.82, 2.24) is 19.3 Å². The van der Waals surface area contributed by atoms with Gasteiger partial charge in [-0.15, -0.1) is 0 Å². The molecule has 4 aromatic rings. The number of carbonyl (C=O) groups excluding carboxylic acids is 1. The second kappa shape index (κ2) is 9.56. The standard InChI is InChI=1S/C24H23N5O7/c1-3-33-16-6-4-15(5-7-16)26-21(30)12-29-18-11-20-19(34-13-35-20)10-17(18)23(31)28(24(29)32)9-8-22-25-14(2)27-36-22/h4-7,10-11H,3,8-9,12-13H2,1-2H3,(H,26,30). The monoisotopic (exact) mass is 493 g/mol. The van der Waals surface area contributed by atoms with E-state index >= 15 is 0 Å². The van der Waals surface area contributed by atoms with E-state index in [9.17, 15) is 14.4 Å². The number of benzene rings is 2. The summed E-state index contributed by atoms with van der Waals surface area (Å²) in [6.07, 6.45) is 0.171. The molecule has 1 aliphatic heterocycles. The Kier molecular flexibility index (Phi) is 6.15. The lowest BCUT2D eigenvalue weighted by Gasteiger charge is -2.14. The zero-order valence-corrected chi connectivity index (χ0v) is 19.6. The number of nitrogens with zero attached hydrogens (tertiary/aromatic N) is 4. The number of hydrogen-bond acceptors (Lipinski definition) is 9. The number of carbonyl (C=O) groups is 1. The van der Waals surface area contributed by atoms with Crippen molar-refractivity contribution < 1.29 is 23.5 Å². The largest absolute Gasteiger partial charge is 0.494 e. The average molecular weight is 493 g/mol. The number of aryl methyl sites for hydroxylation is 2. The summed E-state index contributed by atoms with van der Waals surface area (Å²) >= 11 is 0. The maximum atomic E-state index is 13.4. The highest BCUT2D eigenvalue weighted by Gasteiger charge is 2.22. The number of nitrogens with one attached hydrogen (secondary N) is 1. The number of fused-ring (bicyclic) bond motifs is 2. The molecule has 1 amide bonds. The number of rotatable bonds is 8. The van der Waals surface area contributed by atoms with Gasteiger partial charge in [0.1, 0.15) is 12.3 Å². The maximum Gasteiger partial charge on any atom is 0.331 e. The summed E-state index contributed by atoms with van der Waals surface area (Å²) in [7, 11) is 0. The predicted octanol–water partition coefficient (Wildman–Crippen LogP) is 1.86. The van der Waals surface area contributed by atoms with E-state index in [0.717, 1.165) is 4.57 Å². The van der Waals surface area contributed by atoms with Crippen LogP contribution in [0.4, 0.5) is 5.69 Å². The first kappa shape index (κ1) is 23.1. The van der Waals surface area contributed by atoms with Crippen molar-refractivity contribution in [2.75, 3.05) is 18.7 Å². The van der Waals surface area contributed by atoms with Gasteiger partial charge in [0.2, 0.25) is 18.6 Å². The average Bonchev–Trinajstić information content (AvgIpc) is 3.50. The van der Waals surface area contributed by atoms with E-state index in [4.69, 9.17) is 18.7 Å². The van der Waals surface area contributed by atoms with Gasteiger partial charge in [-0.1, -0.05) is 5.16 Å². The number of ether oxygens (including phenoxy) is 3. The Morgan fingerprint density at radius 3 is 2.56 bits per heavy atom. The van der Waals surface area contributed by atoms with Crippen LogP contribution in [-0.4, -0.2) is 38.6 Å². The topological polar surface area (TPSA) is 140 Å². The molecule has 0 saturated heterocycles. The summed E-state index contributed by atoms with van der Waals surface area (Å²) in [5, 5.41) is 6.71. The minimum Gasteiger partial charge on any atom is -0.494 e. The maximum absolute atomic E-state index is 13.4. The molecule has 0 fully saturated rings. The second-order valence-electron chi connectivity index (χ2n) is 8.04. The third-order valence-electron chi connectivity index (χ3n) is 5.59. The van der Waals surface area contributed by atoms with Gasteiger partial charge in [0.15, 0.2) is 17.3 Å². The van der Waals surface area contributed by atoms with Crippen LogP contribution in [0.15, 0.2) is 50.5 Å². The van der Waals surface area contributed by atoms with Crippen LogP contribution in [0.25, 0.3) is 10.9 Å². The Bertz CT molecular complexity index is 1550. The first-order valence-electron chi connectivity index (χ1n) is 11.3. The molecule has 0 spiro atoms. The molecule has 0 aliphatic carbocycles. The molecule has 36 heavy (non-hydrogen) atoms. The van der Waals surface area contributed by atoms with Crippen LogP contribution in [0.2, 0.25) is 0 Å². The number of hydrogen-bond donors (Lipinski definition) is 1. The van der Waals surface area contributed by atoms with Gasteiger partial charge in [-0.3, -0.25) is 18.7 Å². The Morgan fingerprint density at radius 2 is 1.86 bits per heavy atom. The zero-order valence-electron chi connectivity index (χ0n) is 19.6. The first-order valence-corrected chi connectivity index (χ1v) is 11.3. The summed E-state index contributed by atoms with van der Waals surface area (Å²) in [5.41, 5.74) is -0.364. The van der Waals surface area contributed by atoms with Crippen molar-refractivity contribution in [3.05, 3.63) is 69.0 Å². The van der Waals surface area contributed by atoms with Crippen molar-refractivity contribution >= 4 is 22.5 Å². The quantitative estimate of drug-likeness (QED) is 0.389. The van der Waals surface area contributed by atoms with Gasteiger partial charge in [0, 0.05) is 24.7 Å². The molecule has 0 bridgehead atoms. The van der Waals surface area contributed by atoms with Crippen molar-refractivity contribution in [1.29, 1.82) is 0 Å². The molecule has 1 aliphatic rings. The SMILES string of the molecule is CCOc1ccc(NC(=O)Cn2c(=O)n(CCc3nc(C)no3)c(=O)c3cc4c(cc32)OCO4)cc1. The van der Waals surface area contributed by atoms with Gasteiger partial charge >= 0.3 is 5.69 Å². The van der Waals surface area contributed by atoms with Crippen molar-refractivity contribution in [3.8, 4) is 17.2 Å². The molecule has 0 radical (unpaired) electrons. The van der Waals surface area contributed by atoms with Crippen LogP contribution in [0.3, 0.4) is 0 Å². The van der Waals surface area contributed by atoms with Gasteiger partial charge in [-0.2, -0.15) is 4.98 Å². The van der Waals surface area contributed by atoms with E-state index in [-0.39, 0.29) is 37.2 Å². The normalized spacial score (nSPS) is 12.2. The van der Waals surface area contributed by atoms with Crippen LogP contribution in [0, 0.1) is 6.92 Å². The Morgan fingerprint density at radius 1 is 1.11 bits per heavy atom. The van der Waals surface area contributed by atoms with E-state index in [0.29, 0.717) is 41.3 Å².